The van der Waals surface area contributed by atoms with Crippen LogP contribution in [-0.4, -0.2) is 51.2 Å². The predicted molar refractivity (Wildman–Crippen MR) is 141 cm³/mol. The van der Waals surface area contributed by atoms with Gasteiger partial charge < -0.3 is 9.80 Å². The largest absolute Gasteiger partial charge is 0.315 e. The van der Waals surface area contributed by atoms with Crippen molar-refractivity contribution in [1.82, 2.24) is 4.31 Å². The Morgan fingerprint density at radius 2 is 1.58 bits per heavy atom. The number of hydrogen-bond acceptors (Lipinski definition) is 4. The molecule has 1 saturated carbocycles. The van der Waals surface area contributed by atoms with Gasteiger partial charge in [0, 0.05) is 49.9 Å². The molecular formula is C28H35N3O4S. The van der Waals surface area contributed by atoms with Gasteiger partial charge in [0.1, 0.15) is 0 Å². The van der Waals surface area contributed by atoms with E-state index in [1.54, 1.807) is 24.1 Å². The molecule has 2 fully saturated rings. The fraction of sp³-hybridized carbons (Fsp3) is 0.500. The normalized spacial score (nSPS) is 19.4. The average molecular weight is 510 g/mol. The summed E-state index contributed by atoms with van der Waals surface area (Å²) in [5.74, 6) is 0.131. The van der Waals surface area contributed by atoms with Gasteiger partial charge >= 0.3 is 0 Å². The Bertz CT molecular complexity index is 1250. The maximum absolute atomic E-state index is 13.5. The van der Waals surface area contributed by atoms with Crippen molar-refractivity contribution < 1.29 is 18.0 Å². The summed E-state index contributed by atoms with van der Waals surface area (Å²) < 4.78 is 28.4. The Morgan fingerprint density at radius 1 is 0.889 bits per heavy atom. The lowest BCUT2D eigenvalue weighted by atomic mass is 9.83. The van der Waals surface area contributed by atoms with Crippen LogP contribution in [0, 0.1) is 18.8 Å². The Kier molecular flexibility index (Phi) is 6.92. The zero-order valence-electron chi connectivity index (χ0n) is 21.2. The van der Waals surface area contributed by atoms with E-state index in [9.17, 15) is 18.0 Å². The maximum atomic E-state index is 13.5. The molecule has 7 nitrogen and oxygen atoms in total. The molecule has 5 rings (SSSR count). The van der Waals surface area contributed by atoms with E-state index >= 15 is 0 Å². The molecule has 0 bridgehead atoms. The van der Waals surface area contributed by atoms with Crippen LogP contribution >= 0.6 is 0 Å². The molecule has 36 heavy (non-hydrogen) atoms. The third-order valence-electron chi connectivity index (χ3n) is 8.08. The van der Waals surface area contributed by atoms with Crippen molar-refractivity contribution in [3.63, 3.8) is 0 Å². The zero-order valence-corrected chi connectivity index (χ0v) is 22.0. The maximum Gasteiger partial charge on any atom is 0.243 e. The fourth-order valence-electron chi connectivity index (χ4n) is 5.50. The Balaban J connectivity index is 1.26. The quantitative estimate of drug-likeness (QED) is 0.607. The SMILES string of the molecule is Cc1ccc(N(C)C(=O)C2CCN(S(=O)(=O)c3ccc4c(c3)CCCN4C(=O)C3CCC3)CC2)cc1. The minimum absolute atomic E-state index is 0.0286. The summed E-state index contributed by atoms with van der Waals surface area (Å²) in [7, 11) is -1.88. The number of nitrogens with zero attached hydrogens (tertiary/aromatic N) is 3. The summed E-state index contributed by atoms with van der Waals surface area (Å²) in [5.41, 5.74) is 3.78. The van der Waals surface area contributed by atoms with Gasteiger partial charge in [-0.15, -0.1) is 0 Å². The molecule has 2 aromatic rings. The van der Waals surface area contributed by atoms with Gasteiger partial charge in [-0.1, -0.05) is 24.1 Å². The molecule has 0 aromatic heterocycles. The molecule has 1 aliphatic carbocycles. The van der Waals surface area contributed by atoms with Crippen LogP contribution in [-0.2, 0) is 26.0 Å². The minimum Gasteiger partial charge on any atom is -0.315 e. The van der Waals surface area contributed by atoms with Crippen molar-refractivity contribution in [2.75, 3.05) is 36.5 Å². The second kappa shape index (κ2) is 9.98. The number of fused-ring (bicyclic) bond motifs is 1. The van der Waals surface area contributed by atoms with Crippen molar-refractivity contribution in [2.45, 2.75) is 56.8 Å². The van der Waals surface area contributed by atoms with Crippen LogP contribution in [0.15, 0.2) is 47.4 Å². The number of piperidine rings is 1. The standard InChI is InChI=1S/C28H35N3O4S/c1-20-8-10-24(11-9-20)29(2)27(32)22-14-17-30(18-15-22)36(34,35)25-12-13-26-23(19-25)7-4-16-31(26)28(33)21-5-3-6-21/h8-13,19,21-22H,3-7,14-18H2,1-2H3. The molecule has 2 amide bonds. The number of amides is 2. The van der Waals surface area contributed by atoms with Crippen LogP contribution in [0.25, 0.3) is 0 Å². The average Bonchev–Trinajstić information content (AvgIpc) is 2.86. The highest BCUT2D eigenvalue weighted by molar-refractivity contribution is 7.89. The number of rotatable bonds is 5. The summed E-state index contributed by atoms with van der Waals surface area (Å²) in [6.45, 7) is 3.36. The predicted octanol–water partition coefficient (Wildman–Crippen LogP) is 4.14. The van der Waals surface area contributed by atoms with E-state index in [2.05, 4.69) is 0 Å². The lowest BCUT2D eigenvalue weighted by molar-refractivity contribution is -0.125. The van der Waals surface area contributed by atoms with Gasteiger partial charge in [-0.2, -0.15) is 4.31 Å². The van der Waals surface area contributed by atoms with Crippen molar-refractivity contribution in [1.29, 1.82) is 0 Å². The number of hydrogen-bond donors (Lipinski definition) is 0. The van der Waals surface area contributed by atoms with Gasteiger partial charge in [0.05, 0.1) is 4.90 Å². The molecule has 0 unspecified atom stereocenters. The first-order valence-electron chi connectivity index (χ1n) is 13.0. The molecule has 2 heterocycles. The molecule has 0 radical (unpaired) electrons. The summed E-state index contributed by atoms with van der Waals surface area (Å²) in [5, 5.41) is 0. The monoisotopic (exact) mass is 509 g/mol. The third kappa shape index (κ3) is 4.68. The van der Waals surface area contributed by atoms with Crippen LogP contribution in [0.1, 0.15) is 49.7 Å². The molecule has 1 saturated heterocycles. The van der Waals surface area contributed by atoms with E-state index in [1.165, 1.54) is 4.31 Å². The van der Waals surface area contributed by atoms with E-state index in [-0.39, 0.29) is 28.5 Å². The molecular weight excluding hydrogens is 474 g/mol. The minimum atomic E-state index is -3.66. The number of anilines is 2. The van der Waals surface area contributed by atoms with Crippen molar-refractivity contribution >= 4 is 33.2 Å². The highest BCUT2D eigenvalue weighted by Gasteiger charge is 2.35. The van der Waals surface area contributed by atoms with Crippen molar-refractivity contribution in [3.05, 3.63) is 53.6 Å². The third-order valence-corrected chi connectivity index (χ3v) is 9.98. The lowest BCUT2D eigenvalue weighted by Crippen LogP contribution is -2.43. The van der Waals surface area contributed by atoms with E-state index in [0.717, 1.165) is 54.6 Å². The smallest absolute Gasteiger partial charge is 0.243 e. The number of benzene rings is 2. The van der Waals surface area contributed by atoms with Crippen LogP contribution in [0.5, 0.6) is 0 Å². The summed E-state index contributed by atoms with van der Waals surface area (Å²) >= 11 is 0. The summed E-state index contributed by atoms with van der Waals surface area (Å²) in [4.78, 5) is 29.8. The van der Waals surface area contributed by atoms with Crippen LogP contribution in [0.4, 0.5) is 11.4 Å². The van der Waals surface area contributed by atoms with Gasteiger partial charge in [0.25, 0.3) is 0 Å². The number of sulfonamides is 1. The second-order valence-corrected chi connectivity index (χ2v) is 12.4. The van der Waals surface area contributed by atoms with E-state index in [4.69, 9.17) is 0 Å². The van der Waals surface area contributed by atoms with E-state index < -0.39 is 10.0 Å². The fourth-order valence-corrected chi connectivity index (χ4v) is 7.02. The van der Waals surface area contributed by atoms with Crippen molar-refractivity contribution in [3.8, 4) is 0 Å². The van der Waals surface area contributed by atoms with Gasteiger partial charge in [0.2, 0.25) is 21.8 Å². The molecule has 8 heteroatoms. The molecule has 0 atom stereocenters. The molecule has 0 spiro atoms. The van der Waals surface area contributed by atoms with Crippen LogP contribution < -0.4 is 9.80 Å². The zero-order chi connectivity index (χ0) is 25.4. The first-order chi connectivity index (χ1) is 17.3. The van der Waals surface area contributed by atoms with Crippen LogP contribution in [0.2, 0.25) is 0 Å². The summed E-state index contributed by atoms with van der Waals surface area (Å²) in [6, 6.07) is 13.0. The van der Waals surface area contributed by atoms with Gasteiger partial charge in [-0.05, 0) is 81.3 Å². The number of carbonyl (C=O) groups is 2. The van der Waals surface area contributed by atoms with Gasteiger partial charge in [-0.3, -0.25) is 9.59 Å². The Hall–Kier alpha value is -2.71. The van der Waals surface area contributed by atoms with Crippen molar-refractivity contribution in [2.24, 2.45) is 11.8 Å². The number of aryl methyl sites for hydroxylation is 2. The van der Waals surface area contributed by atoms with Gasteiger partial charge in [0.15, 0.2) is 0 Å². The Morgan fingerprint density at radius 3 is 2.22 bits per heavy atom. The topological polar surface area (TPSA) is 78.0 Å². The molecule has 2 aromatic carbocycles. The number of carbonyl (C=O) groups excluding carboxylic acids is 2. The van der Waals surface area contributed by atoms with Crippen LogP contribution in [0.3, 0.4) is 0 Å². The summed E-state index contributed by atoms with van der Waals surface area (Å²) in [6.07, 6.45) is 5.64. The van der Waals surface area contributed by atoms with E-state index in [1.807, 2.05) is 42.2 Å². The highest BCUT2D eigenvalue weighted by atomic mass is 32.2. The van der Waals surface area contributed by atoms with E-state index in [0.29, 0.717) is 32.5 Å². The molecule has 192 valence electrons. The second-order valence-electron chi connectivity index (χ2n) is 10.4. The Labute approximate surface area is 214 Å². The molecule has 2 aliphatic heterocycles. The highest BCUT2D eigenvalue weighted by Crippen LogP contribution is 2.36. The molecule has 0 N–H and O–H groups in total. The van der Waals surface area contributed by atoms with Gasteiger partial charge in [-0.25, -0.2) is 8.42 Å². The first kappa shape index (κ1) is 25.0. The first-order valence-corrected chi connectivity index (χ1v) is 14.5. The molecule has 3 aliphatic rings. The lowest BCUT2D eigenvalue weighted by Gasteiger charge is -2.36.